The number of nitrogens with one attached hydrogen (secondary N) is 2. The Morgan fingerprint density at radius 1 is 1.18 bits per heavy atom. The third-order valence-electron chi connectivity index (χ3n) is 3.63. The number of fused-ring (bicyclic) bond motifs is 1. The minimum atomic E-state index is -0.483. The Hall–Kier alpha value is -2.69. The molecule has 114 valence electrons. The van der Waals surface area contributed by atoms with Crippen LogP contribution in [0.3, 0.4) is 0 Å². The van der Waals surface area contributed by atoms with Crippen molar-refractivity contribution in [1.29, 1.82) is 0 Å². The SMILES string of the molecule is CN(C)c1ccc(NC(=O)Oc2ccc3c(c2)CCN3)cc1. The van der Waals surface area contributed by atoms with Crippen molar-refractivity contribution < 1.29 is 9.53 Å². The van der Waals surface area contributed by atoms with Crippen LogP contribution in [0.1, 0.15) is 5.56 Å². The highest BCUT2D eigenvalue weighted by Gasteiger charge is 2.12. The number of nitrogens with zero attached hydrogens (tertiary/aromatic N) is 1. The maximum absolute atomic E-state index is 11.9. The molecule has 0 radical (unpaired) electrons. The topological polar surface area (TPSA) is 53.6 Å². The zero-order valence-electron chi connectivity index (χ0n) is 12.7. The first-order valence-corrected chi connectivity index (χ1v) is 7.25. The monoisotopic (exact) mass is 297 g/mol. The van der Waals surface area contributed by atoms with Gasteiger partial charge in [0.05, 0.1) is 0 Å². The first kappa shape index (κ1) is 14.3. The van der Waals surface area contributed by atoms with Crippen LogP contribution in [0.5, 0.6) is 5.75 Å². The molecule has 0 aromatic heterocycles. The zero-order valence-corrected chi connectivity index (χ0v) is 12.7. The second-order valence-electron chi connectivity index (χ2n) is 5.45. The Morgan fingerprint density at radius 2 is 1.95 bits per heavy atom. The summed E-state index contributed by atoms with van der Waals surface area (Å²) in [5.41, 5.74) is 4.08. The molecule has 0 fully saturated rings. The summed E-state index contributed by atoms with van der Waals surface area (Å²) in [6, 6.07) is 13.2. The molecular weight excluding hydrogens is 278 g/mol. The average Bonchev–Trinajstić information content (AvgIpc) is 2.95. The molecule has 2 aromatic carbocycles. The van der Waals surface area contributed by atoms with Gasteiger partial charge in [0.25, 0.3) is 0 Å². The fraction of sp³-hybridized carbons (Fsp3) is 0.235. The molecule has 0 saturated carbocycles. The van der Waals surface area contributed by atoms with Crippen LogP contribution in [0.2, 0.25) is 0 Å². The number of hydrogen-bond acceptors (Lipinski definition) is 4. The standard InChI is InChI=1S/C17H19N3O2/c1-20(2)14-5-3-13(4-6-14)19-17(21)22-15-7-8-16-12(11-15)9-10-18-16/h3-8,11,18H,9-10H2,1-2H3,(H,19,21). The summed E-state index contributed by atoms with van der Waals surface area (Å²) >= 11 is 0. The smallest absolute Gasteiger partial charge is 0.410 e. The van der Waals surface area contributed by atoms with Crippen molar-refractivity contribution >= 4 is 23.2 Å². The van der Waals surface area contributed by atoms with E-state index in [0.29, 0.717) is 11.4 Å². The van der Waals surface area contributed by atoms with E-state index >= 15 is 0 Å². The van der Waals surface area contributed by atoms with Gasteiger partial charge in [-0.3, -0.25) is 5.32 Å². The van der Waals surface area contributed by atoms with Gasteiger partial charge in [-0.05, 0) is 54.4 Å². The number of carbonyl (C=O) groups excluding carboxylic acids is 1. The Morgan fingerprint density at radius 3 is 2.68 bits per heavy atom. The molecule has 0 saturated heterocycles. The Balaban J connectivity index is 1.62. The summed E-state index contributed by atoms with van der Waals surface area (Å²) in [4.78, 5) is 13.9. The van der Waals surface area contributed by atoms with Gasteiger partial charge in [-0.1, -0.05) is 0 Å². The summed E-state index contributed by atoms with van der Waals surface area (Å²) in [5, 5.41) is 6.00. The zero-order chi connectivity index (χ0) is 15.5. The number of carbonyl (C=O) groups is 1. The van der Waals surface area contributed by atoms with E-state index in [1.54, 1.807) is 6.07 Å². The normalized spacial score (nSPS) is 12.3. The third-order valence-corrected chi connectivity index (χ3v) is 3.63. The number of amides is 1. The maximum atomic E-state index is 11.9. The first-order valence-electron chi connectivity index (χ1n) is 7.25. The van der Waals surface area contributed by atoms with Crippen molar-refractivity contribution in [2.24, 2.45) is 0 Å². The van der Waals surface area contributed by atoms with Gasteiger partial charge in [0.1, 0.15) is 5.75 Å². The summed E-state index contributed by atoms with van der Waals surface area (Å²) in [7, 11) is 3.94. The number of ether oxygens (including phenoxy) is 1. The van der Waals surface area contributed by atoms with E-state index in [9.17, 15) is 4.79 Å². The Kier molecular flexibility index (Phi) is 3.87. The summed E-state index contributed by atoms with van der Waals surface area (Å²) in [6.07, 6.45) is 0.476. The number of hydrogen-bond donors (Lipinski definition) is 2. The molecule has 1 heterocycles. The van der Waals surface area contributed by atoms with E-state index < -0.39 is 6.09 Å². The lowest BCUT2D eigenvalue weighted by atomic mass is 10.1. The third kappa shape index (κ3) is 3.14. The molecule has 0 aliphatic carbocycles. The van der Waals surface area contributed by atoms with Crippen molar-refractivity contribution in [3.05, 3.63) is 48.0 Å². The highest BCUT2D eigenvalue weighted by atomic mass is 16.6. The second kappa shape index (κ2) is 5.97. The molecule has 2 aromatic rings. The fourth-order valence-electron chi connectivity index (χ4n) is 2.44. The molecule has 1 aliphatic heterocycles. The molecule has 22 heavy (non-hydrogen) atoms. The van der Waals surface area contributed by atoms with E-state index in [1.807, 2.05) is 55.4 Å². The lowest BCUT2D eigenvalue weighted by molar-refractivity contribution is 0.215. The number of anilines is 3. The van der Waals surface area contributed by atoms with Crippen molar-refractivity contribution in [3.8, 4) is 5.75 Å². The molecular formula is C17H19N3O2. The van der Waals surface area contributed by atoms with Crippen LogP contribution >= 0.6 is 0 Å². The van der Waals surface area contributed by atoms with Crippen LogP contribution in [0.4, 0.5) is 21.9 Å². The molecule has 0 spiro atoms. The lowest BCUT2D eigenvalue weighted by Crippen LogP contribution is -2.17. The minimum Gasteiger partial charge on any atom is -0.410 e. The van der Waals surface area contributed by atoms with Gasteiger partial charge < -0.3 is 15.0 Å². The molecule has 0 atom stereocenters. The van der Waals surface area contributed by atoms with E-state index in [0.717, 1.165) is 24.3 Å². The van der Waals surface area contributed by atoms with Gasteiger partial charge in [0, 0.05) is 37.7 Å². The van der Waals surface area contributed by atoms with Gasteiger partial charge in [-0.15, -0.1) is 0 Å². The van der Waals surface area contributed by atoms with Crippen LogP contribution in [-0.2, 0) is 6.42 Å². The summed E-state index contributed by atoms with van der Waals surface area (Å²) < 4.78 is 5.33. The highest BCUT2D eigenvalue weighted by Crippen LogP contribution is 2.26. The van der Waals surface area contributed by atoms with Gasteiger partial charge >= 0.3 is 6.09 Å². The number of benzene rings is 2. The predicted octanol–water partition coefficient (Wildman–Crippen LogP) is 3.33. The second-order valence-corrected chi connectivity index (χ2v) is 5.45. The van der Waals surface area contributed by atoms with Crippen molar-refractivity contribution in [2.75, 3.05) is 36.2 Å². The summed E-state index contributed by atoms with van der Waals surface area (Å²) in [6.45, 7) is 0.934. The Labute approximate surface area is 129 Å². The quantitative estimate of drug-likeness (QED) is 0.912. The van der Waals surface area contributed by atoms with E-state index in [-0.39, 0.29) is 0 Å². The van der Waals surface area contributed by atoms with Crippen LogP contribution < -0.4 is 20.3 Å². The van der Waals surface area contributed by atoms with Gasteiger partial charge in [-0.2, -0.15) is 0 Å². The molecule has 2 N–H and O–H groups in total. The Bertz CT molecular complexity index is 681. The highest BCUT2D eigenvalue weighted by molar-refractivity contribution is 5.86. The molecule has 5 heteroatoms. The van der Waals surface area contributed by atoms with Crippen molar-refractivity contribution in [3.63, 3.8) is 0 Å². The molecule has 0 bridgehead atoms. The van der Waals surface area contributed by atoms with Gasteiger partial charge in [-0.25, -0.2) is 4.79 Å². The van der Waals surface area contributed by atoms with Crippen LogP contribution in [-0.4, -0.2) is 26.7 Å². The predicted molar refractivity (Wildman–Crippen MR) is 89.1 cm³/mol. The van der Waals surface area contributed by atoms with E-state index in [1.165, 1.54) is 5.56 Å². The molecule has 1 aliphatic rings. The van der Waals surface area contributed by atoms with Crippen LogP contribution in [0.25, 0.3) is 0 Å². The summed E-state index contributed by atoms with van der Waals surface area (Å²) in [5.74, 6) is 0.560. The molecule has 3 rings (SSSR count). The molecule has 1 amide bonds. The fourth-order valence-corrected chi connectivity index (χ4v) is 2.44. The average molecular weight is 297 g/mol. The molecule has 0 unspecified atom stereocenters. The molecule has 5 nitrogen and oxygen atoms in total. The van der Waals surface area contributed by atoms with E-state index in [4.69, 9.17) is 4.74 Å². The first-order chi connectivity index (χ1) is 10.6. The number of rotatable bonds is 3. The van der Waals surface area contributed by atoms with Crippen molar-refractivity contribution in [2.45, 2.75) is 6.42 Å². The van der Waals surface area contributed by atoms with Crippen molar-refractivity contribution in [1.82, 2.24) is 0 Å². The van der Waals surface area contributed by atoms with Gasteiger partial charge in [0.15, 0.2) is 0 Å². The van der Waals surface area contributed by atoms with Crippen LogP contribution in [0, 0.1) is 0 Å². The lowest BCUT2D eigenvalue weighted by Gasteiger charge is -2.13. The minimum absolute atomic E-state index is 0.483. The van der Waals surface area contributed by atoms with E-state index in [2.05, 4.69) is 10.6 Å². The van der Waals surface area contributed by atoms with Crippen LogP contribution in [0.15, 0.2) is 42.5 Å². The van der Waals surface area contributed by atoms with Gasteiger partial charge in [0.2, 0.25) is 0 Å². The maximum Gasteiger partial charge on any atom is 0.417 e. The largest absolute Gasteiger partial charge is 0.417 e.